The molecule has 0 saturated heterocycles. The van der Waals surface area contributed by atoms with Gasteiger partial charge >= 0.3 is 6.16 Å². The van der Waals surface area contributed by atoms with Gasteiger partial charge in [0.2, 0.25) is 0 Å². The number of rotatable bonds is 4. The monoisotopic (exact) mass is 256 g/mol. The van der Waals surface area contributed by atoms with E-state index in [1.54, 1.807) is 12.1 Å². The highest BCUT2D eigenvalue weighted by atomic mass is 16.7. The van der Waals surface area contributed by atoms with E-state index in [9.17, 15) is 4.79 Å². The van der Waals surface area contributed by atoms with Crippen molar-refractivity contribution in [1.82, 2.24) is 0 Å². The van der Waals surface area contributed by atoms with Crippen LogP contribution in [0.4, 0.5) is 4.79 Å². The molecule has 0 unspecified atom stereocenters. The van der Waals surface area contributed by atoms with E-state index < -0.39 is 6.16 Å². The van der Waals surface area contributed by atoms with Crippen molar-refractivity contribution in [2.75, 3.05) is 0 Å². The van der Waals surface area contributed by atoms with Crippen LogP contribution < -0.4 is 4.74 Å². The van der Waals surface area contributed by atoms with Crippen molar-refractivity contribution in [2.45, 2.75) is 19.8 Å². The Kier molecular flexibility index (Phi) is 4.18. The summed E-state index contributed by atoms with van der Waals surface area (Å²) in [5.74, 6) is 0.434. The number of hydrogen-bond donors (Lipinski definition) is 1. The van der Waals surface area contributed by atoms with Crippen LogP contribution in [-0.2, 0) is 12.8 Å². The Bertz CT molecular complexity index is 561. The van der Waals surface area contributed by atoms with E-state index in [0.29, 0.717) is 5.75 Å². The first-order valence-corrected chi connectivity index (χ1v) is 6.20. The number of benzene rings is 2. The van der Waals surface area contributed by atoms with Crippen molar-refractivity contribution >= 4 is 6.16 Å². The molecule has 0 aliphatic heterocycles. The molecule has 0 amide bonds. The third kappa shape index (κ3) is 3.58. The lowest BCUT2D eigenvalue weighted by Crippen LogP contribution is -2.07. The van der Waals surface area contributed by atoms with Crippen molar-refractivity contribution in [3.63, 3.8) is 0 Å². The quantitative estimate of drug-likeness (QED) is 0.668. The van der Waals surface area contributed by atoms with Crippen LogP contribution in [0.2, 0.25) is 0 Å². The average molecular weight is 256 g/mol. The molecule has 2 rings (SSSR count). The Balaban J connectivity index is 2.17. The highest BCUT2D eigenvalue weighted by Crippen LogP contribution is 2.24. The van der Waals surface area contributed by atoms with Crippen molar-refractivity contribution < 1.29 is 14.6 Å². The summed E-state index contributed by atoms with van der Waals surface area (Å²) in [5.41, 5.74) is 3.23. The zero-order valence-electron chi connectivity index (χ0n) is 10.8. The lowest BCUT2D eigenvalue weighted by molar-refractivity contribution is 0.144. The van der Waals surface area contributed by atoms with Gasteiger partial charge in [-0.2, -0.15) is 0 Å². The van der Waals surface area contributed by atoms with E-state index in [0.717, 1.165) is 24.0 Å². The molecule has 0 bridgehead atoms. The second-order valence-corrected chi connectivity index (χ2v) is 4.41. The van der Waals surface area contributed by atoms with E-state index in [4.69, 9.17) is 9.84 Å². The molecule has 0 aromatic heterocycles. The normalized spacial score (nSPS) is 10.2. The summed E-state index contributed by atoms with van der Waals surface area (Å²) in [4.78, 5) is 10.7. The summed E-state index contributed by atoms with van der Waals surface area (Å²) in [7, 11) is 0. The fraction of sp³-hybridized carbons (Fsp3) is 0.188. The third-order valence-electron chi connectivity index (χ3n) is 3.07. The number of ether oxygens (including phenoxy) is 1. The van der Waals surface area contributed by atoms with Gasteiger partial charge in [-0.1, -0.05) is 42.5 Å². The SMILES string of the molecule is Cc1cccc(OC(=O)O)c1CCc1ccccc1. The maximum Gasteiger partial charge on any atom is 0.511 e. The van der Waals surface area contributed by atoms with Crippen LogP contribution >= 0.6 is 0 Å². The number of aryl methyl sites for hydroxylation is 2. The lowest BCUT2D eigenvalue weighted by Gasteiger charge is -2.11. The Morgan fingerprint density at radius 2 is 1.79 bits per heavy atom. The number of hydrogen-bond acceptors (Lipinski definition) is 2. The van der Waals surface area contributed by atoms with Crippen LogP contribution in [0.5, 0.6) is 5.75 Å². The first-order chi connectivity index (χ1) is 9.16. The van der Waals surface area contributed by atoms with Crippen molar-refractivity contribution in [2.24, 2.45) is 0 Å². The molecule has 0 aliphatic rings. The van der Waals surface area contributed by atoms with Gasteiger partial charge < -0.3 is 9.84 Å². The topological polar surface area (TPSA) is 46.5 Å². The molecule has 0 spiro atoms. The van der Waals surface area contributed by atoms with Gasteiger partial charge in [-0.15, -0.1) is 0 Å². The Morgan fingerprint density at radius 3 is 2.47 bits per heavy atom. The molecule has 0 radical (unpaired) electrons. The number of carbonyl (C=O) groups is 1. The molecule has 3 nitrogen and oxygen atoms in total. The minimum Gasteiger partial charge on any atom is -0.449 e. The summed E-state index contributed by atoms with van der Waals surface area (Å²) >= 11 is 0. The van der Waals surface area contributed by atoms with Gasteiger partial charge in [-0.25, -0.2) is 4.79 Å². The van der Waals surface area contributed by atoms with Gasteiger partial charge in [-0.3, -0.25) is 0 Å². The zero-order valence-corrected chi connectivity index (χ0v) is 10.8. The number of carboxylic acid groups (broad SMARTS) is 1. The van der Waals surface area contributed by atoms with E-state index >= 15 is 0 Å². The van der Waals surface area contributed by atoms with Crippen molar-refractivity contribution in [1.29, 1.82) is 0 Å². The van der Waals surface area contributed by atoms with Gasteiger partial charge in [0.25, 0.3) is 0 Å². The largest absolute Gasteiger partial charge is 0.511 e. The maximum absolute atomic E-state index is 10.7. The van der Waals surface area contributed by atoms with Gasteiger partial charge in [0.1, 0.15) is 5.75 Å². The molecular formula is C16H16O3. The Hall–Kier alpha value is -2.29. The van der Waals surface area contributed by atoms with Crippen LogP contribution in [0.1, 0.15) is 16.7 Å². The molecule has 0 saturated carbocycles. The minimum absolute atomic E-state index is 0.434. The smallest absolute Gasteiger partial charge is 0.449 e. The van der Waals surface area contributed by atoms with E-state index in [1.807, 2.05) is 31.2 Å². The first kappa shape index (κ1) is 13.1. The zero-order chi connectivity index (χ0) is 13.7. The van der Waals surface area contributed by atoms with E-state index in [-0.39, 0.29) is 0 Å². The predicted molar refractivity (Wildman–Crippen MR) is 73.7 cm³/mol. The third-order valence-corrected chi connectivity index (χ3v) is 3.07. The summed E-state index contributed by atoms with van der Waals surface area (Å²) in [6.07, 6.45) is 0.354. The van der Waals surface area contributed by atoms with Crippen LogP contribution in [0.25, 0.3) is 0 Å². The summed E-state index contributed by atoms with van der Waals surface area (Å²) in [6, 6.07) is 15.6. The van der Waals surface area contributed by atoms with Crippen LogP contribution in [0, 0.1) is 6.92 Å². The molecule has 98 valence electrons. The molecule has 2 aromatic carbocycles. The van der Waals surface area contributed by atoms with Crippen LogP contribution in [-0.4, -0.2) is 11.3 Å². The second-order valence-electron chi connectivity index (χ2n) is 4.41. The van der Waals surface area contributed by atoms with Gasteiger partial charge in [0.05, 0.1) is 0 Å². The summed E-state index contributed by atoms with van der Waals surface area (Å²) in [5, 5.41) is 8.75. The minimum atomic E-state index is -1.27. The molecule has 0 fully saturated rings. The Labute approximate surface area is 112 Å². The second kappa shape index (κ2) is 6.05. The molecule has 2 aromatic rings. The van der Waals surface area contributed by atoms with Gasteiger partial charge in [-0.05, 0) is 42.5 Å². The highest BCUT2D eigenvalue weighted by Gasteiger charge is 2.10. The molecule has 19 heavy (non-hydrogen) atoms. The fourth-order valence-electron chi connectivity index (χ4n) is 2.10. The average Bonchev–Trinajstić information content (AvgIpc) is 2.38. The molecular weight excluding hydrogens is 240 g/mol. The van der Waals surface area contributed by atoms with Crippen LogP contribution in [0.15, 0.2) is 48.5 Å². The van der Waals surface area contributed by atoms with Gasteiger partial charge in [0.15, 0.2) is 0 Å². The lowest BCUT2D eigenvalue weighted by atomic mass is 10.00. The fourth-order valence-corrected chi connectivity index (χ4v) is 2.10. The van der Waals surface area contributed by atoms with E-state index in [1.165, 1.54) is 5.56 Å². The molecule has 0 aliphatic carbocycles. The van der Waals surface area contributed by atoms with Crippen molar-refractivity contribution in [3.8, 4) is 5.75 Å². The van der Waals surface area contributed by atoms with Gasteiger partial charge in [0, 0.05) is 0 Å². The molecule has 0 heterocycles. The molecule has 3 heteroatoms. The van der Waals surface area contributed by atoms with E-state index in [2.05, 4.69) is 12.1 Å². The maximum atomic E-state index is 10.7. The molecule has 0 atom stereocenters. The predicted octanol–water partition coefficient (Wildman–Crippen LogP) is 3.84. The van der Waals surface area contributed by atoms with Crippen molar-refractivity contribution in [3.05, 3.63) is 65.2 Å². The standard InChI is InChI=1S/C16H16O3/c1-12-6-5-9-15(19-16(17)18)14(12)11-10-13-7-3-2-4-8-13/h2-9H,10-11H2,1H3,(H,17,18). The summed E-state index contributed by atoms with van der Waals surface area (Å²) in [6.45, 7) is 1.97. The highest BCUT2D eigenvalue weighted by molar-refractivity contribution is 5.62. The summed E-state index contributed by atoms with van der Waals surface area (Å²) < 4.78 is 4.83. The Morgan fingerprint density at radius 1 is 1.05 bits per heavy atom. The first-order valence-electron chi connectivity index (χ1n) is 6.20. The molecule has 1 N–H and O–H groups in total. The van der Waals surface area contributed by atoms with Crippen LogP contribution in [0.3, 0.4) is 0 Å².